The molecule has 0 unspecified atom stereocenters. The van der Waals surface area contributed by atoms with Crippen molar-refractivity contribution in [2.45, 2.75) is 11.8 Å². The zero-order valence-electron chi connectivity index (χ0n) is 10.7. The first-order valence-corrected chi connectivity index (χ1v) is 7.54. The zero-order valence-corrected chi connectivity index (χ0v) is 11.5. The molecule has 1 aliphatic rings. The number of aromatic nitrogens is 1. The molecule has 8 heteroatoms. The first-order chi connectivity index (χ1) is 9.05. The van der Waals surface area contributed by atoms with E-state index in [1.165, 1.54) is 16.6 Å². The molecule has 2 heterocycles. The van der Waals surface area contributed by atoms with E-state index in [1.54, 1.807) is 6.92 Å². The summed E-state index contributed by atoms with van der Waals surface area (Å²) >= 11 is 0. The Balaban J connectivity index is 2.19. The summed E-state index contributed by atoms with van der Waals surface area (Å²) in [6, 6.07) is 1.36. The van der Waals surface area contributed by atoms with Gasteiger partial charge < -0.3 is 15.0 Å². The van der Waals surface area contributed by atoms with E-state index < -0.39 is 10.0 Å². The van der Waals surface area contributed by atoms with Crippen molar-refractivity contribution in [3.63, 3.8) is 0 Å². The number of ether oxygens (including phenoxy) is 1. The van der Waals surface area contributed by atoms with E-state index in [9.17, 15) is 13.2 Å². The minimum atomic E-state index is -3.55. The van der Waals surface area contributed by atoms with Crippen molar-refractivity contribution in [3.8, 4) is 0 Å². The monoisotopic (exact) mass is 287 g/mol. The number of nitrogens with one attached hydrogen (secondary N) is 2. The maximum Gasteiger partial charge on any atom is 0.267 e. The normalized spacial score (nSPS) is 17.3. The number of aromatic amines is 1. The first kappa shape index (κ1) is 14.0. The van der Waals surface area contributed by atoms with Crippen molar-refractivity contribution in [2.24, 2.45) is 0 Å². The van der Waals surface area contributed by atoms with Gasteiger partial charge in [-0.15, -0.1) is 0 Å². The fourth-order valence-corrected chi connectivity index (χ4v) is 3.25. The van der Waals surface area contributed by atoms with E-state index in [0.29, 0.717) is 32.8 Å². The molecule has 0 saturated carbocycles. The molecule has 2 rings (SSSR count). The molecular formula is C11H17N3O4S. The van der Waals surface area contributed by atoms with Crippen LogP contribution in [0.15, 0.2) is 17.2 Å². The van der Waals surface area contributed by atoms with E-state index >= 15 is 0 Å². The van der Waals surface area contributed by atoms with Crippen LogP contribution in [0.4, 0.5) is 0 Å². The summed E-state index contributed by atoms with van der Waals surface area (Å²) in [7, 11) is -3.55. The van der Waals surface area contributed by atoms with E-state index in [-0.39, 0.29) is 16.5 Å². The maximum absolute atomic E-state index is 12.3. The second kappa shape index (κ2) is 5.72. The van der Waals surface area contributed by atoms with Crippen molar-refractivity contribution in [1.29, 1.82) is 0 Å². The smallest absolute Gasteiger partial charge is 0.267 e. The van der Waals surface area contributed by atoms with Crippen molar-refractivity contribution in [3.05, 3.63) is 18.0 Å². The molecule has 106 valence electrons. The third-order valence-corrected chi connectivity index (χ3v) is 4.72. The number of nitrogens with zero attached hydrogens (tertiary/aromatic N) is 1. The van der Waals surface area contributed by atoms with Crippen LogP contribution < -0.4 is 5.32 Å². The Bertz CT molecular complexity index is 546. The van der Waals surface area contributed by atoms with Gasteiger partial charge in [0.05, 0.1) is 13.2 Å². The Kier molecular flexibility index (Phi) is 4.23. The van der Waals surface area contributed by atoms with Crippen LogP contribution in [0.2, 0.25) is 0 Å². The molecule has 2 N–H and O–H groups in total. The van der Waals surface area contributed by atoms with Crippen LogP contribution in [-0.2, 0) is 14.8 Å². The lowest BCUT2D eigenvalue weighted by Gasteiger charge is -2.25. The first-order valence-electron chi connectivity index (χ1n) is 6.10. The van der Waals surface area contributed by atoms with Gasteiger partial charge in [0, 0.05) is 25.8 Å². The van der Waals surface area contributed by atoms with Crippen molar-refractivity contribution in [1.82, 2.24) is 14.6 Å². The molecule has 0 bridgehead atoms. The number of carbonyl (C=O) groups is 1. The van der Waals surface area contributed by atoms with Crippen LogP contribution in [0, 0.1) is 0 Å². The molecular weight excluding hydrogens is 270 g/mol. The maximum atomic E-state index is 12.3. The fraction of sp³-hybridized carbons (Fsp3) is 0.545. The minimum Gasteiger partial charge on any atom is -0.379 e. The largest absolute Gasteiger partial charge is 0.379 e. The van der Waals surface area contributed by atoms with Crippen molar-refractivity contribution < 1.29 is 17.9 Å². The number of sulfonamides is 1. The Morgan fingerprint density at radius 2 is 2.16 bits per heavy atom. The van der Waals surface area contributed by atoms with Gasteiger partial charge in [0.1, 0.15) is 10.6 Å². The van der Waals surface area contributed by atoms with E-state index in [0.717, 1.165) is 0 Å². The lowest BCUT2D eigenvalue weighted by atomic mass is 10.4. The van der Waals surface area contributed by atoms with Gasteiger partial charge >= 0.3 is 0 Å². The lowest BCUT2D eigenvalue weighted by Crippen LogP contribution is -2.40. The molecule has 1 aromatic heterocycles. The highest BCUT2D eigenvalue weighted by Gasteiger charge is 2.27. The average Bonchev–Trinajstić information content (AvgIpc) is 2.90. The third-order valence-electron chi connectivity index (χ3n) is 2.85. The van der Waals surface area contributed by atoms with Crippen LogP contribution in [0.5, 0.6) is 0 Å². The van der Waals surface area contributed by atoms with E-state index in [1.807, 2.05) is 0 Å². The van der Waals surface area contributed by atoms with Gasteiger partial charge in [-0.2, -0.15) is 4.31 Å². The summed E-state index contributed by atoms with van der Waals surface area (Å²) in [6.07, 6.45) is 1.34. The highest BCUT2D eigenvalue weighted by molar-refractivity contribution is 7.89. The summed E-state index contributed by atoms with van der Waals surface area (Å²) in [6.45, 7) is 3.75. The van der Waals surface area contributed by atoms with Gasteiger partial charge in [-0.05, 0) is 13.0 Å². The summed E-state index contributed by atoms with van der Waals surface area (Å²) in [5.41, 5.74) is 0.244. The third kappa shape index (κ3) is 2.96. The summed E-state index contributed by atoms with van der Waals surface area (Å²) in [5, 5.41) is 2.61. The van der Waals surface area contributed by atoms with Gasteiger partial charge in [-0.1, -0.05) is 0 Å². The Morgan fingerprint density at radius 1 is 1.47 bits per heavy atom. The molecule has 1 aliphatic heterocycles. The van der Waals surface area contributed by atoms with Gasteiger partial charge in [-0.25, -0.2) is 8.42 Å². The van der Waals surface area contributed by atoms with E-state index in [4.69, 9.17) is 4.74 Å². The fourth-order valence-electron chi connectivity index (χ4n) is 1.85. The van der Waals surface area contributed by atoms with Crippen LogP contribution in [0.25, 0.3) is 0 Å². The van der Waals surface area contributed by atoms with Crippen LogP contribution in [0.3, 0.4) is 0 Å². The molecule has 1 aromatic rings. The predicted octanol–water partition coefficient (Wildman–Crippen LogP) is -0.215. The Hall–Kier alpha value is -1.38. The van der Waals surface area contributed by atoms with Crippen LogP contribution >= 0.6 is 0 Å². The average molecular weight is 287 g/mol. The molecule has 1 saturated heterocycles. The Labute approximate surface area is 112 Å². The molecule has 0 spiro atoms. The zero-order chi connectivity index (χ0) is 13.9. The lowest BCUT2D eigenvalue weighted by molar-refractivity contribution is 0.0730. The molecule has 0 atom stereocenters. The summed E-state index contributed by atoms with van der Waals surface area (Å²) < 4.78 is 31.1. The quantitative estimate of drug-likeness (QED) is 0.801. The van der Waals surface area contributed by atoms with Crippen LogP contribution in [-0.4, -0.2) is 56.5 Å². The molecule has 7 nitrogen and oxygen atoms in total. The molecule has 0 radical (unpaired) electrons. The van der Waals surface area contributed by atoms with E-state index in [2.05, 4.69) is 10.3 Å². The summed E-state index contributed by atoms with van der Waals surface area (Å²) in [5.74, 6) is -0.314. The van der Waals surface area contributed by atoms with Gasteiger partial charge in [0.25, 0.3) is 5.91 Å². The van der Waals surface area contributed by atoms with Gasteiger partial charge in [0.2, 0.25) is 10.0 Å². The SMILES string of the molecule is CCNC(=O)c1cc(S(=O)(=O)N2CCOCC2)c[nH]1. The second-order valence-electron chi connectivity index (χ2n) is 4.12. The number of carbonyl (C=O) groups excluding carboxylic acids is 1. The van der Waals surface area contributed by atoms with Gasteiger partial charge in [0.15, 0.2) is 0 Å². The summed E-state index contributed by atoms with van der Waals surface area (Å²) in [4.78, 5) is 14.4. The Morgan fingerprint density at radius 3 is 2.79 bits per heavy atom. The molecule has 1 fully saturated rings. The highest BCUT2D eigenvalue weighted by Crippen LogP contribution is 2.17. The highest BCUT2D eigenvalue weighted by atomic mass is 32.2. The van der Waals surface area contributed by atoms with Crippen molar-refractivity contribution >= 4 is 15.9 Å². The second-order valence-corrected chi connectivity index (χ2v) is 6.06. The number of hydrogen-bond acceptors (Lipinski definition) is 4. The topological polar surface area (TPSA) is 91.5 Å². The number of H-pyrrole nitrogens is 1. The standard InChI is InChI=1S/C11H17N3O4S/c1-2-12-11(15)10-7-9(8-13-10)19(16,17)14-3-5-18-6-4-14/h7-8,13H,2-6H2,1H3,(H,12,15). The van der Waals surface area contributed by atoms with Gasteiger partial charge in [-0.3, -0.25) is 4.79 Å². The molecule has 0 aliphatic carbocycles. The molecule has 19 heavy (non-hydrogen) atoms. The number of rotatable bonds is 4. The number of amides is 1. The molecule has 1 amide bonds. The predicted molar refractivity (Wildman–Crippen MR) is 68.4 cm³/mol. The van der Waals surface area contributed by atoms with Crippen LogP contribution in [0.1, 0.15) is 17.4 Å². The number of hydrogen-bond donors (Lipinski definition) is 2. The van der Waals surface area contributed by atoms with Crippen molar-refractivity contribution in [2.75, 3.05) is 32.8 Å². The molecule has 0 aromatic carbocycles. The number of morpholine rings is 1. The minimum absolute atomic E-state index is 0.107.